The Bertz CT molecular complexity index is 200. The predicted octanol–water partition coefficient (Wildman–Crippen LogP) is 2.70. The summed E-state index contributed by atoms with van der Waals surface area (Å²) < 4.78 is 5.95. The van der Waals surface area contributed by atoms with Crippen LogP contribution in [0.1, 0.15) is 52.9 Å². The lowest BCUT2D eigenvalue weighted by Crippen LogP contribution is -2.38. The van der Waals surface area contributed by atoms with Crippen molar-refractivity contribution in [3.8, 4) is 0 Å². The minimum absolute atomic E-state index is 0.323. The highest BCUT2D eigenvalue weighted by Crippen LogP contribution is 2.25. The maximum atomic E-state index is 5.63. The molecule has 102 valence electrons. The van der Waals surface area contributed by atoms with Gasteiger partial charge < -0.3 is 4.74 Å². The van der Waals surface area contributed by atoms with Crippen molar-refractivity contribution in [2.24, 2.45) is 5.84 Å². The van der Waals surface area contributed by atoms with Gasteiger partial charge in [-0.05, 0) is 32.1 Å². The zero-order valence-corrected chi connectivity index (χ0v) is 12.3. The lowest BCUT2D eigenvalue weighted by molar-refractivity contribution is 0.101. The summed E-state index contributed by atoms with van der Waals surface area (Å²) in [7, 11) is 0. The van der Waals surface area contributed by atoms with Crippen LogP contribution in [0.15, 0.2) is 0 Å². The van der Waals surface area contributed by atoms with Crippen molar-refractivity contribution in [1.29, 1.82) is 0 Å². The molecule has 2 unspecified atom stereocenters. The number of nitrogens with two attached hydrogens (primary N) is 1. The molecule has 1 aliphatic rings. The Morgan fingerprint density at radius 1 is 1.47 bits per heavy atom. The molecule has 1 saturated heterocycles. The van der Waals surface area contributed by atoms with Gasteiger partial charge in [-0.25, -0.2) is 0 Å². The van der Waals surface area contributed by atoms with Crippen LogP contribution in [0.25, 0.3) is 0 Å². The molecule has 2 atom stereocenters. The van der Waals surface area contributed by atoms with E-state index in [4.69, 9.17) is 10.6 Å². The summed E-state index contributed by atoms with van der Waals surface area (Å²) in [5, 5.41) is 0. The van der Waals surface area contributed by atoms with Crippen molar-refractivity contribution in [2.75, 3.05) is 12.4 Å². The fourth-order valence-corrected chi connectivity index (χ4v) is 2.99. The number of thioether (sulfide) groups is 1. The lowest BCUT2D eigenvalue weighted by Gasteiger charge is -2.22. The fraction of sp³-hybridized carbons (Fsp3) is 1.00. The van der Waals surface area contributed by atoms with Crippen LogP contribution in [0.4, 0.5) is 0 Å². The monoisotopic (exact) mass is 260 g/mol. The van der Waals surface area contributed by atoms with E-state index in [0.717, 1.165) is 18.8 Å². The quantitative estimate of drug-likeness (QED) is 0.546. The van der Waals surface area contributed by atoms with Crippen molar-refractivity contribution < 1.29 is 4.74 Å². The first-order chi connectivity index (χ1) is 8.01. The van der Waals surface area contributed by atoms with E-state index in [0.29, 0.717) is 16.9 Å². The van der Waals surface area contributed by atoms with Gasteiger partial charge in [-0.15, -0.1) is 0 Å². The molecule has 0 amide bonds. The van der Waals surface area contributed by atoms with Gasteiger partial charge in [-0.1, -0.05) is 20.8 Å². The van der Waals surface area contributed by atoms with Gasteiger partial charge in [0.25, 0.3) is 0 Å². The number of hydrogen-bond donors (Lipinski definition) is 2. The molecule has 0 spiro atoms. The lowest BCUT2D eigenvalue weighted by atomic mass is 10.1. The first-order valence-corrected chi connectivity index (χ1v) is 7.71. The standard InChI is InChI=1S/C13H28N2OS/c1-13(2,3)17-10-11(15-14)6-4-7-12-8-5-9-16-12/h11-12,15H,4-10,14H2,1-3H3. The largest absolute Gasteiger partial charge is 0.378 e. The maximum Gasteiger partial charge on any atom is 0.0576 e. The van der Waals surface area contributed by atoms with Crippen LogP contribution >= 0.6 is 11.8 Å². The van der Waals surface area contributed by atoms with Gasteiger partial charge >= 0.3 is 0 Å². The molecule has 1 aliphatic heterocycles. The second kappa shape index (κ2) is 7.62. The number of nitrogens with one attached hydrogen (secondary N) is 1. The smallest absolute Gasteiger partial charge is 0.0576 e. The highest BCUT2D eigenvalue weighted by atomic mass is 32.2. The van der Waals surface area contributed by atoms with E-state index in [1.807, 2.05) is 11.8 Å². The van der Waals surface area contributed by atoms with Gasteiger partial charge in [0.1, 0.15) is 0 Å². The number of hydrazine groups is 1. The van der Waals surface area contributed by atoms with E-state index in [2.05, 4.69) is 26.2 Å². The summed E-state index contributed by atoms with van der Waals surface area (Å²) in [6.07, 6.45) is 6.56. The van der Waals surface area contributed by atoms with Crippen molar-refractivity contribution in [3.63, 3.8) is 0 Å². The van der Waals surface area contributed by atoms with Crippen LogP contribution in [-0.4, -0.2) is 29.3 Å². The van der Waals surface area contributed by atoms with Crippen molar-refractivity contribution >= 4 is 11.8 Å². The van der Waals surface area contributed by atoms with Gasteiger partial charge in [0, 0.05) is 23.1 Å². The van der Waals surface area contributed by atoms with Crippen LogP contribution in [0.3, 0.4) is 0 Å². The van der Waals surface area contributed by atoms with Gasteiger partial charge in [0.15, 0.2) is 0 Å². The summed E-state index contributed by atoms with van der Waals surface area (Å²) >= 11 is 1.98. The van der Waals surface area contributed by atoms with Gasteiger partial charge in [-0.3, -0.25) is 11.3 Å². The van der Waals surface area contributed by atoms with Crippen molar-refractivity contribution in [3.05, 3.63) is 0 Å². The van der Waals surface area contributed by atoms with Crippen LogP contribution in [0, 0.1) is 0 Å². The van der Waals surface area contributed by atoms with E-state index in [1.165, 1.54) is 25.7 Å². The average molecular weight is 260 g/mol. The molecule has 3 N–H and O–H groups in total. The number of hydrogen-bond acceptors (Lipinski definition) is 4. The third-order valence-electron chi connectivity index (χ3n) is 3.06. The van der Waals surface area contributed by atoms with E-state index in [9.17, 15) is 0 Å². The molecule has 0 aliphatic carbocycles. The summed E-state index contributed by atoms with van der Waals surface area (Å²) in [5.74, 6) is 6.69. The molecule has 17 heavy (non-hydrogen) atoms. The molecule has 1 rings (SSSR count). The van der Waals surface area contributed by atoms with Crippen LogP contribution in [0.2, 0.25) is 0 Å². The molecule has 1 fully saturated rings. The maximum absolute atomic E-state index is 5.63. The first-order valence-electron chi connectivity index (χ1n) is 6.73. The van der Waals surface area contributed by atoms with Crippen LogP contribution in [-0.2, 0) is 4.74 Å². The third kappa shape index (κ3) is 7.29. The predicted molar refractivity (Wildman–Crippen MR) is 76.1 cm³/mol. The SMILES string of the molecule is CC(C)(C)SCC(CCCC1CCCO1)NN. The molecule has 0 aromatic carbocycles. The first kappa shape index (κ1) is 15.3. The summed E-state index contributed by atoms with van der Waals surface area (Å²) in [6, 6.07) is 0.431. The van der Waals surface area contributed by atoms with Crippen LogP contribution in [0.5, 0.6) is 0 Å². The Labute approximate surface area is 110 Å². The molecule has 1 heterocycles. The third-order valence-corrected chi connectivity index (χ3v) is 4.49. The molecule has 0 saturated carbocycles. The molecule has 0 radical (unpaired) electrons. The van der Waals surface area contributed by atoms with Crippen molar-refractivity contribution in [1.82, 2.24) is 5.43 Å². The zero-order chi connectivity index (χ0) is 12.7. The Morgan fingerprint density at radius 3 is 2.76 bits per heavy atom. The highest BCUT2D eigenvalue weighted by Gasteiger charge is 2.17. The Morgan fingerprint density at radius 2 is 2.24 bits per heavy atom. The zero-order valence-electron chi connectivity index (χ0n) is 11.5. The molecule has 3 nitrogen and oxygen atoms in total. The minimum atomic E-state index is 0.323. The normalized spacial score (nSPS) is 22.9. The van der Waals surface area contributed by atoms with E-state index in [1.54, 1.807) is 0 Å². The topological polar surface area (TPSA) is 47.3 Å². The van der Waals surface area contributed by atoms with Gasteiger partial charge in [0.2, 0.25) is 0 Å². The van der Waals surface area contributed by atoms with Gasteiger partial charge in [0.05, 0.1) is 6.10 Å². The average Bonchev–Trinajstić information content (AvgIpc) is 2.74. The molecular weight excluding hydrogens is 232 g/mol. The molecule has 0 aromatic rings. The fourth-order valence-electron chi connectivity index (χ4n) is 2.03. The van der Waals surface area contributed by atoms with Crippen LogP contribution < -0.4 is 11.3 Å². The molecular formula is C13H28N2OS. The Kier molecular flexibility index (Phi) is 6.85. The van der Waals surface area contributed by atoms with Crippen molar-refractivity contribution in [2.45, 2.75) is 69.8 Å². The van der Waals surface area contributed by atoms with E-state index >= 15 is 0 Å². The Balaban J connectivity index is 2.09. The summed E-state index contributed by atoms with van der Waals surface area (Å²) in [5.41, 5.74) is 2.94. The second-order valence-corrected chi connectivity index (χ2v) is 7.70. The van der Waals surface area contributed by atoms with E-state index in [-0.39, 0.29) is 0 Å². The number of ether oxygens (including phenoxy) is 1. The number of rotatable bonds is 7. The second-order valence-electron chi connectivity index (χ2n) is 5.85. The molecule has 0 bridgehead atoms. The summed E-state index contributed by atoms with van der Waals surface area (Å²) in [4.78, 5) is 0. The molecule has 4 heteroatoms. The molecule has 0 aromatic heterocycles. The van der Waals surface area contributed by atoms with Gasteiger partial charge in [-0.2, -0.15) is 11.8 Å². The minimum Gasteiger partial charge on any atom is -0.378 e. The Hall–Kier alpha value is 0.230. The highest BCUT2D eigenvalue weighted by molar-refractivity contribution is 8.00. The van der Waals surface area contributed by atoms with E-state index < -0.39 is 0 Å². The summed E-state index contributed by atoms with van der Waals surface area (Å²) in [6.45, 7) is 7.70.